The summed E-state index contributed by atoms with van der Waals surface area (Å²) in [4.78, 5) is 12.5. The Morgan fingerprint density at radius 3 is 2.85 bits per heavy atom. The highest BCUT2D eigenvalue weighted by Gasteiger charge is 2.30. The molecular formula is C19H17FN6. The van der Waals surface area contributed by atoms with Crippen LogP contribution < -0.4 is 11.1 Å². The van der Waals surface area contributed by atoms with Crippen LogP contribution in [-0.4, -0.2) is 15.0 Å². The number of hydrogen-bond donors (Lipinski definition) is 2. The van der Waals surface area contributed by atoms with Gasteiger partial charge in [-0.2, -0.15) is 5.26 Å². The number of benzene rings is 1. The fourth-order valence-electron chi connectivity index (χ4n) is 3.28. The summed E-state index contributed by atoms with van der Waals surface area (Å²) in [7, 11) is 0. The summed E-state index contributed by atoms with van der Waals surface area (Å²) in [5.74, 6) is 0.661. The number of fused-ring (bicyclic) bond motifs is 1. The number of aromatic nitrogens is 3. The first-order chi connectivity index (χ1) is 12.6. The van der Waals surface area contributed by atoms with Crippen LogP contribution in [-0.2, 0) is 0 Å². The van der Waals surface area contributed by atoms with Crippen molar-refractivity contribution in [2.24, 2.45) is 0 Å². The van der Waals surface area contributed by atoms with Gasteiger partial charge in [0.15, 0.2) is 0 Å². The molecule has 7 heteroatoms. The number of nitrogens with zero attached hydrogens (tertiary/aromatic N) is 4. The van der Waals surface area contributed by atoms with E-state index in [0.717, 1.165) is 34.9 Å². The van der Waals surface area contributed by atoms with Gasteiger partial charge in [-0.15, -0.1) is 0 Å². The van der Waals surface area contributed by atoms with Gasteiger partial charge in [-0.1, -0.05) is 0 Å². The van der Waals surface area contributed by atoms with Crippen LogP contribution in [0.2, 0.25) is 0 Å². The molecule has 1 aliphatic rings. The summed E-state index contributed by atoms with van der Waals surface area (Å²) in [6, 6.07) is 6.54. The van der Waals surface area contributed by atoms with Crippen molar-refractivity contribution < 1.29 is 4.39 Å². The van der Waals surface area contributed by atoms with Gasteiger partial charge in [0, 0.05) is 11.6 Å². The zero-order valence-corrected chi connectivity index (χ0v) is 14.2. The molecule has 26 heavy (non-hydrogen) atoms. The average Bonchev–Trinajstić information content (AvgIpc) is 3.45. The fraction of sp³-hybridized carbons (Fsp3) is 0.263. The van der Waals surface area contributed by atoms with Crippen molar-refractivity contribution in [3.63, 3.8) is 0 Å². The van der Waals surface area contributed by atoms with Crippen LogP contribution >= 0.6 is 0 Å². The lowest BCUT2D eigenvalue weighted by molar-refractivity contribution is 0.629. The number of rotatable bonds is 4. The Labute approximate surface area is 149 Å². The first-order valence-corrected chi connectivity index (χ1v) is 8.43. The Kier molecular flexibility index (Phi) is 3.88. The molecule has 3 aromatic rings. The van der Waals surface area contributed by atoms with E-state index < -0.39 is 0 Å². The van der Waals surface area contributed by atoms with Crippen molar-refractivity contribution in [3.8, 4) is 6.07 Å². The monoisotopic (exact) mass is 348 g/mol. The van der Waals surface area contributed by atoms with Gasteiger partial charge in [-0.25, -0.2) is 14.4 Å². The third-order valence-corrected chi connectivity index (χ3v) is 4.70. The minimum Gasteiger partial charge on any atom is -0.382 e. The molecular weight excluding hydrogens is 331 g/mol. The summed E-state index contributed by atoms with van der Waals surface area (Å²) in [5.41, 5.74) is 8.86. The minimum atomic E-state index is -0.269. The van der Waals surface area contributed by atoms with E-state index in [0.29, 0.717) is 11.7 Å². The second-order valence-electron chi connectivity index (χ2n) is 6.52. The van der Waals surface area contributed by atoms with Crippen LogP contribution in [0.3, 0.4) is 0 Å². The molecule has 1 aromatic carbocycles. The highest BCUT2D eigenvalue weighted by molar-refractivity contribution is 5.84. The molecule has 1 saturated carbocycles. The van der Waals surface area contributed by atoms with E-state index in [4.69, 9.17) is 5.73 Å². The van der Waals surface area contributed by atoms with E-state index in [1.54, 1.807) is 12.1 Å². The van der Waals surface area contributed by atoms with Crippen molar-refractivity contribution in [3.05, 3.63) is 53.2 Å². The predicted octanol–water partition coefficient (Wildman–Crippen LogP) is 3.67. The standard InChI is InChI=1S/C19H17FN6/c1-10(26-19-14(7-21)18(22)24-9-25-19)15-8-23-16-5-4-12(20)6-13(16)17(15)11-2-3-11/h4-6,8-11H,2-3H2,1H3,(H3,22,24,25,26). The number of nitrogen functional groups attached to an aromatic ring is 1. The van der Waals surface area contributed by atoms with E-state index in [1.807, 2.05) is 19.2 Å². The lowest BCUT2D eigenvalue weighted by atomic mass is 9.95. The quantitative estimate of drug-likeness (QED) is 0.746. The SMILES string of the molecule is CC(Nc1ncnc(N)c1C#N)c1cnc2ccc(F)cc2c1C1CC1. The van der Waals surface area contributed by atoms with Crippen molar-refractivity contribution in [2.75, 3.05) is 11.1 Å². The maximum atomic E-state index is 13.8. The second-order valence-corrected chi connectivity index (χ2v) is 6.52. The largest absolute Gasteiger partial charge is 0.382 e. The number of nitrogens with two attached hydrogens (primary N) is 1. The number of anilines is 2. The number of pyridine rings is 1. The Hall–Kier alpha value is -3.27. The van der Waals surface area contributed by atoms with Crippen molar-refractivity contribution >= 4 is 22.5 Å². The van der Waals surface area contributed by atoms with Gasteiger partial charge >= 0.3 is 0 Å². The Morgan fingerprint density at radius 1 is 1.31 bits per heavy atom. The van der Waals surface area contributed by atoms with E-state index >= 15 is 0 Å². The zero-order valence-electron chi connectivity index (χ0n) is 14.2. The first kappa shape index (κ1) is 16.2. The molecule has 4 rings (SSSR count). The molecule has 0 saturated heterocycles. The smallest absolute Gasteiger partial charge is 0.150 e. The summed E-state index contributed by atoms with van der Waals surface area (Å²) < 4.78 is 13.8. The fourth-order valence-corrected chi connectivity index (χ4v) is 3.28. The normalized spacial score (nSPS) is 14.8. The van der Waals surface area contributed by atoms with Crippen molar-refractivity contribution in [1.29, 1.82) is 5.26 Å². The van der Waals surface area contributed by atoms with Gasteiger partial charge in [0.1, 0.15) is 35.4 Å². The van der Waals surface area contributed by atoms with E-state index in [9.17, 15) is 9.65 Å². The van der Waals surface area contributed by atoms with Crippen LogP contribution in [0.25, 0.3) is 10.9 Å². The molecule has 1 atom stereocenters. The molecule has 2 heterocycles. The Morgan fingerprint density at radius 2 is 2.12 bits per heavy atom. The van der Waals surface area contributed by atoms with Crippen LogP contribution in [0.4, 0.5) is 16.0 Å². The molecule has 1 fully saturated rings. The molecule has 0 spiro atoms. The number of hydrogen-bond acceptors (Lipinski definition) is 6. The minimum absolute atomic E-state index is 0.137. The Balaban J connectivity index is 1.78. The van der Waals surface area contributed by atoms with Gasteiger partial charge in [0.2, 0.25) is 0 Å². The van der Waals surface area contributed by atoms with Crippen molar-refractivity contribution in [1.82, 2.24) is 15.0 Å². The maximum absolute atomic E-state index is 13.8. The van der Waals surface area contributed by atoms with Gasteiger partial charge in [-0.05, 0) is 55.0 Å². The topological polar surface area (TPSA) is 101 Å². The molecule has 0 bridgehead atoms. The highest BCUT2D eigenvalue weighted by Crippen LogP contribution is 2.46. The van der Waals surface area contributed by atoms with E-state index in [-0.39, 0.29) is 23.2 Å². The number of nitriles is 1. The first-order valence-electron chi connectivity index (χ1n) is 8.43. The summed E-state index contributed by atoms with van der Waals surface area (Å²) in [6.45, 7) is 1.97. The zero-order chi connectivity index (χ0) is 18.3. The molecule has 0 aliphatic heterocycles. The summed E-state index contributed by atoms with van der Waals surface area (Å²) >= 11 is 0. The van der Waals surface area contributed by atoms with Gasteiger partial charge in [0.25, 0.3) is 0 Å². The Bertz CT molecular complexity index is 1040. The third kappa shape index (κ3) is 2.80. The van der Waals surface area contributed by atoms with Crippen LogP contribution in [0, 0.1) is 17.1 Å². The molecule has 1 aliphatic carbocycles. The average molecular weight is 348 g/mol. The van der Waals surface area contributed by atoms with Gasteiger partial charge < -0.3 is 11.1 Å². The molecule has 3 N–H and O–H groups in total. The number of nitrogens with one attached hydrogen (secondary N) is 1. The van der Waals surface area contributed by atoms with Gasteiger partial charge in [-0.3, -0.25) is 4.98 Å². The third-order valence-electron chi connectivity index (χ3n) is 4.70. The highest BCUT2D eigenvalue weighted by atomic mass is 19.1. The van der Waals surface area contributed by atoms with Crippen LogP contribution in [0.1, 0.15) is 48.4 Å². The predicted molar refractivity (Wildman–Crippen MR) is 96.9 cm³/mol. The van der Waals surface area contributed by atoms with E-state index in [1.165, 1.54) is 12.4 Å². The molecule has 0 amide bonds. The lowest BCUT2D eigenvalue weighted by Crippen LogP contribution is -2.13. The molecule has 2 aromatic heterocycles. The van der Waals surface area contributed by atoms with Crippen LogP contribution in [0.5, 0.6) is 0 Å². The maximum Gasteiger partial charge on any atom is 0.150 e. The van der Waals surface area contributed by atoms with E-state index in [2.05, 4.69) is 20.3 Å². The van der Waals surface area contributed by atoms with Crippen molar-refractivity contribution in [2.45, 2.75) is 31.7 Å². The van der Waals surface area contributed by atoms with Gasteiger partial charge in [0.05, 0.1) is 11.6 Å². The molecule has 6 nitrogen and oxygen atoms in total. The number of halogens is 1. The summed E-state index contributed by atoms with van der Waals surface area (Å²) in [5, 5.41) is 13.4. The lowest BCUT2D eigenvalue weighted by Gasteiger charge is -2.20. The molecule has 1 unspecified atom stereocenters. The second kappa shape index (κ2) is 6.23. The van der Waals surface area contributed by atoms with Crippen LogP contribution in [0.15, 0.2) is 30.7 Å². The molecule has 0 radical (unpaired) electrons. The summed E-state index contributed by atoms with van der Waals surface area (Å²) in [6.07, 6.45) is 5.31. The molecule has 130 valence electrons.